The molecule has 1 aliphatic heterocycles. The number of benzene rings is 1. The normalized spacial score (nSPS) is 20.8. The van der Waals surface area contributed by atoms with Crippen molar-refractivity contribution < 1.29 is 13.2 Å². The number of nitrogens with two attached hydrogens (primary N) is 1. The fraction of sp³-hybridized carbons (Fsp3) is 0.538. The summed E-state index contributed by atoms with van der Waals surface area (Å²) < 4.78 is 31.9. The van der Waals surface area contributed by atoms with Crippen molar-refractivity contribution in [3.8, 4) is 5.75 Å². The molecule has 1 saturated heterocycles. The van der Waals surface area contributed by atoms with E-state index in [2.05, 4.69) is 6.92 Å². The highest BCUT2D eigenvalue weighted by Crippen LogP contribution is 2.25. The van der Waals surface area contributed by atoms with E-state index in [-0.39, 0.29) is 0 Å². The van der Waals surface area contributed by atoms with Gasteiger partial charge in [-0.05, 0) is 24.3 Å². The highest BCUT2D eigenvalue weighted by atomic mass is 32.2. The molecule has 1 aromatic carbocycles. The molecule has 2 rings (SSSR count). The third-order valence-corrected chi connectivity index (χ3v) is 6.07. The SMILES string of the molecule is CC1CN(S(=O)(=O)c2ccc(OCCN)cc2)CCS1. The molecule has 0 saturated carbocycles. The van der Waals surface area contributed by atoms with Crippen LogP contribution in [0.15, 0.2) is 29.2 Å². The summed E-state index contributed by atoms with van der Waals surface area (Å²) in [7, 11) is -3.39. The first-order valence-corrected chi connectivity index (χ1v) is 9.07. The first-order valence-electron chi connectivity index (χ1n) is 6.58. The summed E-state index contributed by atoms with van der Waals surface area (Å²) in [5, 5.41) is 0.339. The first-order chi connectivity index (χ1) is 9.54. The number of rotatable bonds is 5. The van der Waals surface area contributed by atoms with E-state index in [1.165, 1.54) is 0 Å². The monoisotopic (exact) mass is 316 g/mol. The average Bonchev–Trinajstić information content (AvgIpc) is 2.45. The van der Waals surface area contributed by atoms with Crippen LogP contribution in [0, 0.1) is 0 Å². The van der Waals surface area contributed by atoms with Crippen molar-refractivity contribution in [2.24, 2.45) is 5.73 Å². The maximum absolute atomic E-state index is 12.5. The summed E-state index contributed by atoms with van der Waals surface area (Å²) in [5.41, 5.74) is 5.36. The molecule has 1 aliphatic rings. The number of ether oxygens (including phenoxy) is 1. The van der Waals surface area contributed by atoms with Gasteiger partial charge in [0, 0.05) is 30.6 Å². The van der Waals surface area contributed by atoms with Crippen molar-refractivity contribution in [1.29, 1.82) is 0 Å². The van der Waals surface area contributed by atoms with Gasteiger partial charge < -0.3 is 10.5 Å². The number of nitrogens with zero attached hydrogens (tertiary/aromatic N) is 1. The lowest BCUT2D eigenvalue weighted by Gasteiger charge is -2.29. The Morgan fingerprint density at radius 2 is 2.10 bits per heavy atom. The third kappa shape index (κ3) is 3.66. The second kappa shape index (κ2) is 6.80. The van der Waals surface area contributed by atoms with Crippen molar-refractivity contribution >= 4 is 21.8 Å². The van der Waals surface area contributed by atoms with Crippen molar-refractivity contribution in [1.82, 2.24) is 4.31 Å². The number of hydrogen-bond donors (Lipinski definition) is 1. The summed E-state index contributed by atoms with van der Waals surface area (Å²) in [4.78, 5) is 0.316. The summed E-state index contributed by atoms with van der Waals surface area (Å²) in [6, 6.07) is 6.52. The van der Waals surface area contributed by atoms with Gasteiger partial charge in [-0.2, -0.15) is 16.1 Å². The van der Waals surface area contributed by atoms with Crippen LogP contribution in [0.25, 0.3) is 0 Å². The van der Waals surface area contributed by atoms with Gasteiger partial charge in [-0.3, -0.25) is 0 Å². The molecule has 1 aromatic rings. The summed E-state index contributed by atoms with van der Waals surface area (Å²) in [5.74, 6) is 1.48. The Labute approximate surface area is 124 Å². The zero-order chi connectivity index (χ0) is 14.6. The lowest BCUT2D eigenvalue weighted by Crippen LogP contribution is -2.40. The predicted molar refractivity (Wildman–Crippen MR) is 81.7 cm³/mol. The van der Waals surface area contributed by atoms with Crippen LogP contribution in [-0.2, 0) is 10.0 Å². The Balaban J connectivity index is 2.12. The highest BCUT2D eigenvalue weighted by Gasteiger charge is 2.28. The molecule has 1 fully saturated rings. The van der Waals surface area contributed by atoms with Crippen LogP contribution < -0.4 is 10.5 Å². The fourth-order valence-electron chi connectivity index (χ4n) is 2.04. The van der Waals surface area contributed by atoms with Crippen LogP contribution >= 0.6 is 11.8 Å². The Kier molecular flexibility index (Phi) is 5.31. The van der Waals surface area contributed by atoms with Gasteiger partial charge in [0.05, 0.1) is 4.90 Å². The Bertz CT molecular complexity index is 531. The minimum Gasteiger partial charge on any atom is -0.492 e. The largest absolute Gasteiger partial charge is 0.492 e. The van der Waals surface area contributed by atoms with E-state index >= 15 is 0 Å². The van der Waals surface area contributed by atoms with E-state index in [0.29, 0.717) is 42.1 Å². The number of sulfonamides is 1. The third-order valence-electron chi connectivity index (χ3n) is 3.05. The van der Waals surface area contributed by atoms with Crippen LogP contribution in [0.1, 0.15) is 6.92 Å². The first kappa shape index (κ1) is 15.6. The quantitative estimate of drug-likeness (QED) is 0.882. The smallest absolute Gasteiger partial charge is 0.243 e. The van der Waals surface area contributed by atoms with Gasteiger partial charge in [-0.1, -0.05) is 6.92 Å². The maximum atomic E-state index is 12.5. The molecule has 0 aliphatic carbocycles. The van der Waals surface area contributed by atoms with Crippen LogP contribution in [0.3, 0.4) is 0 Å². The molecule has 0 bridgehead atoms. The lowest BCUT2D eigenvalue weighted by atomic mass is 10.3. The van der Waals surface area contributed by atoms with Gasteiger partial charge in [0.2, 0.25) is 10.0 Å². The Hall–Kier alpha value is -0.760. The van der Waals surface area contributed by atoms with E-state index < -0.39 is 10.0 Å². The van der Waals surface area contributed by atoms with Gasteiger partial charge in [-0.25, -0.2) is 8.42 Å². The standard InChI is InChI=1S/C13H20N2O3S2/c1-11-10-15(7-9-19-11)20(16,17)13-4-2-12(3-5-13)18-8-6-14/h2-5,11H,6-10,14H2,1H3. The number of thioether (sulfide) groups is 1. The molecule has 112 valence electrons. The minimum absolute atomic E-state index is 0.316. The molecular weight excluding hydrogens is 296 g/mol. The average molecular weight is 316 g/mol. The minimum atomic E-state index is -3.39. The van der Waals surface area contributed by atoms with E-state index in [1.54, 1.807) is 40.3 Å². The number of hydrogen-bond acceptors (Lipinski definition) is 5. The lowest BCUT2D eigenvalue weighted by molar-refractivity contribution is 0.328. The molecular formula is C13H20N2O3S2. The Morgan fingerprint density at radius 1 is 1.40 bits per heavy atom. The van der Waals surface area contributed by atoms with E-state index in [9.17, 15) is 8.42 Å². The molecule has 1 heterocycles. The summed E-state index contributed by atoms with van der Waals surface area (Å²) in [6.45, 7) is 4.05. The predicted octanol–water partition coefficient (Wildman–Crippen LogP) is 1.15. The second-order valence-electron chi connectivity index (χ2n) is 4.65. The summed E-state index contributed by atoms with van der Waals surface area (Å²) >= 11 is 1.81. The molecule has 1 atom stereocenters. The maximum Gasteiger partial charge on any atom is 0.243 e. The molecule has 0 amide bonds. The van der Waals surface area contributed by atoms with Gasteiger partial charge in [-0.15, -0.1) is 0 Å². The van der Waals surface area contributed by atoms with Crippen LogP contribution in [0.5, 0.6) is 5.75 Å². The van der Waals surface area contributed by atoms with Crippen LogP contribution in [0.4, 0.5) is 0 Å². The molecule has 5 nitrogen and oxygen atoms in total. The zero-order valence-corrected chi connectivity index (χ0v) is 13.1. The van der Waals surface area contributed by atoms with E-state index in [1.807, 2.05) is 0 Å². The van der Waals surface area contributed by atoms with Crippen molar-refractivity contribution in [2.45, 2.75) is 17.1 Å². The van der Waals surface area contributed by atoms with Crippen molar-refractivity contribution in [2.75, 3.05) is 32.0 Å². The second-order valence-corrected chi connectivity index (χ2v) is 8.14. The van der Waals surface area contributed by atoms with E-state index in [0.717, 1.165) is 5.75 Å². The topological polar surface area (TPSA) is 72.6 Å². The molecule has 1 unspecified atom stereocenters. The summed E-state index contributed by atoms with van der Waals surface area (Å²) in [6.07, 6.45) is 0. The Morgan fingerprint density at radius 3 is 2.70 bits per heavy atom. The van der Waals surface area contributed by atoms with Gasteiger partial charge in [0.25, 0.3) is 0 Å². The van der Waals surface area contributed by atoms with Gasteiger partial charge in [0.1, 0.15) is 12.4 Å². The van der Waals surface area contributed by atoms with Crippen LogP contribution in [-0.4, -0.2) is 50.0 Å². The molecule has 2 N–H and O–H groups in total. The van der Waals surface area contributed by atoms with Gasteiger partial charge in [0.15, 0.2) is 0 Å². The van der Waals surface area contributed by atoms with Crippen molar-refractivity contribution in [3.05, 3.63) is 24.3 Å². The zero-order valence-electron chi connectivity index (χ0n) is 11.5. The highest BCUT2D eigenvalue weighted by molar-refractivity contribution is 8.00. The molecule has 7 heteroatoms. The molecule has 0 spiro atoms. The molecule has 0 radical (unpaired) electrons. The van der Waals surface area contributed by atoms with Gasteiger partial charge >= 0.3 is 0 Å². The van der Waals surface area contributed by atoms with Crippen molar-refractivity contribution in [3.63, 3.8) is 0 Å². The van der Waals surface area contributed by atoms with E-state index in [4.69, 9.17) is 10.5 Å². The molecule has 0 aromatic heterocycles. The van der Waals surface area contributed by atoms with Crippen LogP contribution in [0.2, 0.25) is 0 Å². The fourth-order valence-corrected chi connectivity index (χ4v) is 4.79. The molecule has 20 heavy (non-hydrogen) atoms.